The summed E-state index contributed by atoms with van der Waals surface area (Å²) in [6.07, 6.45) is 3.24. The first kappa shape index (κ1) is 15.7. The molecule has 0 spiro atoms. The van der Waals surface area contributed by atoms with Crippen molar-refractivity contribution in [2.45, 2.75) is 33.0 Å². The Bertz CT molecular complexity index is 605. The van der Waals surface area contributed by atoms with Crippen LogP contribution in [0, 0.1) is 5.82 Å². The topological polar surface area (TPSA) is 34.1 Å². The number of ether oxygens (including phenoxy) is 1. The number of halogens is 2. The maximum Gasteiger partial charge on any atom is 0.124 e. The van der Waals surface area contributed by atoms with Gasteiger partial charge in [-0.25, -0.2) is 4.39 Å². The summed E-state index contributed by atoms with van der Waals surface area (Å²) in [5, 5.41) is 3.81. The van der Waals surface area contributed by atoms with Gasteiger partial charge in [0.1, 0.15) is 18.2 Å². The van der Waals surface area contributed by atoms with E-state index in [2.05, 4.69) is 10.3 Å². The van der Waals surface area contributed by atoms with Gasteiger partial charge in [-0.15, -0.1) is 0 Å². The zero-order valence-electron chi connectivity index (χ0n) is 12.1. The Morgan fingerprint density at radius 3 is 2.81 bits per heavy atom. The van der Waals surface area contributed by atoms with Crippen molar-refractivity contribution in [3.05, 3.63) is 58.6 Å². The van der Waals surface area contributed by atoms with E-state index in [4.69, 9.17) is 16.3 Å². The van der Waals surface area contributed by atoms with Crippen LogP contribution in [0.25, 0.3) is 0 Å². The highest BCUT2D eigenvalue weighted by molar-refractivity contribution is 6.31. The molecule has 0 bridgehead atoms. The molecule has 1 aromatic heterocycles. The largest absolute Gasteiger partial charge is 0.489 e. The molecule has 2 aromatic rings. The number of hydrogen-bond acceptors (Lipinski definition) is 3. The number of pyridine rings is 1. The van der Waals surface area contributed by atoms with Gasteiger partial charge in [-0.05, 0) is 24.3 Å². The fraction of sp³-hybridized carbons (Fsp3) is 0.312. The number of nitrogens with one attached hydrogen (secondary N) is 1. The Labute approximate surface area is 129 Å². The lowest BCUT2D eigenvalue weighted by molar-refractivity contribution is 0.301. The van der Waals surface area contributed by atoms with Crippen molar-refractivity contribution in [1.82, 2.24) is 10.3 Å². The highest BCUT2D eigenvalue weighted by Crippen LogP contribution is 2.22. The summed E-state index contributed by atoms with van der Waals surface area (Å²) in [5.74, 6) is 0.377. The van der Waals surface area contributed by atoms with E-state index in [9.17, 15) is 4.39 Å². The maximum atomic E-state index is 13.4. The third-order valence-corrected chi connectivity index (χ3v) is 3.30. The Morgan fingerprint density at radius 1 is 1.29 bits per heavy atom. The Kier molecular flexibility index (Phi) is 5.53. The summed E-state index contributed by atoms with van der Waals surface area (Å²) in [4.78, 5) is 3.93. The second-order valence-electron chi connectivity index (χ2n) is 5.04. The van der Waals surface area contributed by atoms with Gasteiger partial charge in [-0.1, -0.05) is 25.4 Å². The Balaban J connectivity index is 2.10. The van der Waals surface area contributed by atoms with Crippen LogP contribution in [0.3, 0.4) is 0 Å². The van der Waals surface area contributed by atoms with Crippen LogP contribution < -0.4 is 10.1 Å². The Hall–Kier alpha value is -1.65. The molecule has 0 fully saturated rings. The molecule has 112 valence electrons. The van der Waals surface area contributed by atoms with Crippen molar-refractivity contribution in [2.24, 2.45) is 0 Å². The van der Waals surface area contributed by atoms with Gasteiger partial charge in [0.2, 0.25) is 0 Å². The van der Waals surface area contributed by atoms with E-state index in [0.717, 1.165) is 11.1 Å². The molecule has 0 unspecified atom stereocenters. The summed E-state index contributed by atoms with van der Waals surface area (Å²) in [5.41, 5.74) is 1.63. The Morgan fingerprint density at radius 2 is 2.10 bits per heavy atom. The van der Waals surface area contributed by atoms with Gasteiger partial charge in [0, 0.05) is 36.1 Å². The van der Waals surface area contributed by atoms with Crippen LogP contribution in [0.2, 0.25) is 5.02 Å². The first-order valence-electron chi connectivity index (χ1n) is 6.79. The van der Waals surface area contributed by atoms with E-state index >= 15 is 0 Å². The predicted octanol–water partition coefficient (Wildman–Crippen LogP) is 3.95. The van der Waals surface area contributed by atoms with Crippen molar-refractivity contribution in [3.8, 4) is 5.75 Å². The summed E-state index contributed by atoms with van der Waals surface area (Å²) in [7, 11) is 0. The van der Waals surface area contributed by atoms with Crippen LogP contribution in [0.15, 0.2) is 36.7 Å². The van der Waals surface area contributed by atoms with Crippen molar-refractivity contribution in [1.29, 1.82) is 0 Å². The van der Waals surface area contributed by atoms with Crippen molar-refractivity contribution in [2.75, 3.05) is 0 Å². The average Bonchev–Trinajstić information content (AvgIpc) is 2.45. The first-order valence-corrected chi connectivity index (χ1v) is 7.17. The molecule has 21 heavy (non-hydrogen) atoms. The van der Waals surface area contributed by atoms with Gasteiger partial charge in [0.15, 0.2) is 0 Å². The molecule has 0 aliphatic heterocycles. The molecule has 1 N–H and O–H groups in total. The minimum absolute atomic E-state index is 0.273. The summed E-state index contributed by atoms with van der Waals surface area (Å²) in [6.45, 7) is 4.95. The third-order valence-electron chi connectivity index (χ3n) is 2.96. The maximum absolute atomic E-state index is 13.4. The van der Waals surface area contributed by atoms with E-state index in [-0.39, 0.29) is 5.82 Å². The fourth-order valence-electron chi connectivity index (χ4n) is 1.82. The van der Waals surface area contributed by atoms with Gasteiger partial charge in [0.25, 0.3) is 0 Å². The highest BCUT2D eigenvalue weighted by Gasteiger charge is 2.08. The van der Waals surface area contributed by atoms with E-state index < -0.39 is 0 Å². The highest BCUT2D eigenvalue weighted by atomic mass is 35.5. The first-order chi connectivity index (χ1) is 10.1. The van der Waals surface area contributed by atoms with Crippen LogP contribution in [0.5, 0.6) is 5.75 Å². The molecule has 0 radical (unpaired) electrons. The lowest BCUT2D eigenvalue weighted by Gasteiger charge is -2.14. The second kappa shape index (κ2) is 7.38. The molecule has 0 saturated carbocycles. The molecule has 0 aliphatic rings. The van der Waals surface area contributed by atoms with E-state index in [1.54, 1.807) is 24.5 Å². The molecule has 3 nitrogen and oxygen atoms in total. The second-order valence-corrected chi connectivity index (χ2v) is 5.45. The van der Waals surface area contributed by atoms with Gasteiger partial charge >= 0.3 is 0 Å². The van der Waals surface area contributed by atoms with Crippen LogP contribution in [-0.2, 0) is 13.2 Å². The van der Waals surface area contributed by atoms with E-state index in [0.29, 0.717) is 30.0 Å². The van der Waals surface area contributed by atoms with Crippen LogP contribution in [-0.4, -0.2) is 11.0 Å². The summed E-state index contributed by atoms with van der Waals surface area (Å²) >= 11 is 6.04. The summed E-state index contributed by atoms with van der Waals surface area (Å²) in [6, 6.07) is 6.64. The smallest absolute Gasteiger partial charge is 0.124 e. The number of aromatic nitrogens is 1. The molecular weight excluding hydrogens is 291 g/mol. The van der Waals surface area contributed by atoms with Crippen LogP contribution in [0.4, 0.5) is 4.39 Å². The fourth-order valence-corrected chi connectivity index (χ4v) is 1.99. The molecule has 2 rings (SSSR count). The molecule has 0 atom stereocenters. The molecule has 5 heteroatoms. The van der Waals surface area contributed by atoms with E-state index in [1.807, 2.05) is 13.8 Å². The van der Waals surface area contributed by atoms with Crippen LogP contribution >= 0.6 is 11.6 Å². The minimum atomic E-state index is -0.273. The van der Waals surface area contributed by atoms with Gasteiger partial charge < -0.3 is 10.1 Å². The molecular formula is C16H18ClFN2O. The van der Waals surface area contributed by atoms with Crippen LogP contribution in [0.1, 0.15) is 25.0 Å². The normalized spacial score (nSPS) is 10.9. The monoisotopic (exact) mass is 308 g/mol. The van der Waals surface area contributed by atoms with Crippen molar-refractivity contribution < 1.29 is 9.13 Å². The molecule has 0 aliphatic carbocycles. The molecule has 0 amide bonds. The molecule has 1 aromatic carbocycles. The predicted molar refractivity (Wildman–Crippen MR) is 82.0 cm³/mol. The zero-order valence-corrected chi connectivity index (χ0v) is 12.8. The molecule has 1 heterocycles. The van der Waals surface area contributed by atoms with Crippen molar-refractivity contribution >= 4 is 11.6 Å². The average molecular weight is 309 g/mol. The summed E-state index contributed by atoms with van der Waals surface area (Å²) < 4.78 is 19.2. The van der Waals surface area contributed by atoms with E-state index in [1.165, 1.54) is 12.1 Å². The number of rotatable bonds is 6. The minimum Gasteiger partial charge on any atom is -0.489 e. The zero-order chi connectivity index (χ0) is 15.2. The number of benzene rings is 1. The lowest BCUT2D eigenvalue weighted by atomic mass is 10.2. The SMILES string of the molecule is CC(C)NCc1cc(F)ccc1OCc1ccncc1Cl. The third kappa shape index (κ3) is 4.69. The quantitative estimate of drug-likeness (QED) is 0.877. The van der Waals surface area contributed by atoms with Gasteiger partial charge in [0.05, 0.1) is 5.02 Å². The number of nitrogens with zero attached hydrogens (tertiary/aromatic N) is 1. The van der Waals surface area contributed by atoms with Gasteiger partial charge in [-0.2, -0.15) is 0 Å². The molecule has 0 saturated heterocycles. The lowest BCUT2D eigenvalue weighted by Crippen LogP contribution is -2.22. The number of hydrogen-bond donors (Lipinski definition) is 1. The van der Waals surface area contributed by atoms with Crippen molar-refractivity contribution in [3.63, 3.8) is 0 Å². The van der Waals surface area contributed by atoms with Gasteiger partial charge in [-0.3, -0.25) is 4.98 Å². The standard InChI is InChI=1S/C16H18ClFN2O/c1-11(2)20-8-13-7-14(18)3-4-16(13)21-10-12-5-6-19-9-15(12)17/h3-7,9,11,20H,8,10H2,1-2H3.